The quantitative estimate of drug-likeness (QED) is 0.528. The molecule has 180 valence electrons. The number of para-hydroxylation sites is 1. The Bertz CT molecular complexity index is 1110. The van der Waals surface area contributed by atoms with Gasteiger partial charge in [0.25, 0.3) is 0 Å². The highest BCUT2D eigenvalue weighted by Gasteiger charge is 2.61. The SMILES string of the molecule is CCOc1cccc(C2C3=CCC4C(=O)N(CC)C(=O)C4C3CC3C(=O)N(CC)C(=O)C32)c1O. The lowest BCUT2D eigenvalue weighted by atomic mass is 9.57. The number of carbonyl (C=O) groups is 4. The summed E-state index contributed by atoms with van der Waals surface area (Å²) in [6, 6.07) is 5.21. The maximum absolute atomic E-state index is 13.4. The number of imide groups is 2. The van der Waals surface area contributed by atoms with E-state index in [1.807, 2.05) is 13.0 Å². The van der Waals surface area contributed by atoms with Gasteiger partial charge in [-0.15, -0.1) is 0 Å². The Morgan fingerprint density at radius 1 is 0.882 bits per heavy atom. The molecular weight excluding hydrogens is 436 g/mol. The third kappa shape index (κ3) is 2.96. The first-order valence-corrected chi connectivity index (χ1v) is 12.2. The van der Waals surface area contributed by atoms with Gasteiger partial charge in [0.15, 0.2) is 11.5 Å². The fraction of sp³-hybridized carbons (Fsp3) is 0.538. The molecule has 34 heavy (non-hydrogen) atoms. The molecule has 1 saturated carbocycles. The lowest BCUT2D eigenvalue weighted by Crippen LogP contribution is -2.43. The predicted octanol–water partition coefficient (Wildman–Crippen LogP) is 2.47. The van der Waals surface area contributed by atoms with Crippen LogP contribution in [0.1, 0.15) is 45.1 Å². The van der Waals surface area contributed by atoms with Gasteiger partial charge in [0.2, 0.25) is 23.6 Å². The number of likely N-dealkylation sites (tertiary alicyclic amines) is 2. The summed E-state index contributed by atoms with van der Waals surface area (Å²) in [4.78, 5) is 55.5. The van der Waals surface area contributed by atoms with Crippen molar-refractivity contribution in [2.24, 2.45) is 29.6 Å². The number of phenolic OH excluding ortho intramolecular Hbond substituents is 1. The van der Waals surface area contributed by atoms with Crippen LogP contribution < -0.4 is 4.74 Å². The molecule has 0 bridgehead atoms. The molecule has 1 aromatic rings. The second-order valence-electron chi connectivity index (χ2n) is 9.49. The third-order valence-corrected chi connectivity index (χ3v) is 8.13. The van der Waals surface area contributed by atoms with Crippen LogP contribution in [0.15, 0.2) is 29.8 Å². The number of hydrogen-bond donors (Lipinski definition) is 1. The van der Waals surface area contributed by atoms with Crippen molar-refractivity contribution in [3.05, 3.63) is 35.4 Å². The number of rotatable bonds is 5. The summed E-state index contributed by atoms with van der Waals surface area (Å²) in [6.45, 7) is 6.35. The first kappa shape index (κ1) is 22.6. The highest BCUT2D eigenvalue weighted by Crippen LogP contribution is 2.59. The van der Waals surface area contributed by atoms with Gasteiger partial charge in [0.1, 0.15) is 0 Å². The Balaban J connectivity index is 1.66. The average Bonchev–Trinajstić information content (AvgIpc) is 3.22. The van der Waals surface area contributed by atoms with E-state index in [-0.39, 0.29) is 41.8 Å². The third-order valence-electron chi connectivity index (χ3n) is 8.13. The summed E-state index contributed by atoms with van der Waals surface area (Å²) in [5.41, 5.74) is 1.41. The summed E-state index contributed by atoms with van der Waals surface area (Å²) in [6.07, 6.45) is 2.75. The van der Waals surface area contributed by atoms with Crippen LogP contribution in [0.5, 0.6) is 11.5 Å². The molecule has 0 aromatic heterocycles. The number of aromatic hydroxyl groups is 1. The largest absolute Gasteiger partial charge is 0.504 e. The van der Waals surface area contributed by atoms with E-state index in [0.717, 1.165) is 5.57 Å². The molecule has 6 atom stereocenters. The molecule has 5 rings (SSSR count). The van der Waals surface area contributed by atoms with E-state index in [1.165, 1.54) is 9.80 Å². The lowest BCUT2D eigenvalue weighted by molar-refractivity contribution is -0.141. The number of ether oxygens (including phenoxy) is 1. The van der Waals surface area contributed by atoms with E-state index >= 15 is 0 Å². The minimum absolute atomic E-state index is 0.0454. The summed E-state index contributed by atoms with van der Waals surface area (Å²) in [5, 5.41) is 11.1. The summed E-state index contributed by atoms with van der Waals surface area (Å²) >= 11 is 0. The highest BCUT2D eigenvalue weighted by molar-refractivity contribution is 6.08. The zero-order chi connectivity index (χ0) is 24.3. The molecule has 2 aliphatic carbocycles. The maximum atomic E-state index is 13.4. The Morgan fingerprint density at radius 3 is 2.18 bits per heavy atom. The van der Waals surface area contributed by atoms with Gasteiger partial charge in [-0.3, -0.25) is 29.0 Å². The van der Waals surface area contributed by atoms with Crippen molar-refractivity contribution >= 4 is 23.6 Å². The van der Waals surface area contributed by atoms with Crippen molar-refractivity contribution in [3.63, 3.8) is 0 Å². The molecule has 4 aliphatic rings. The summed E-state index contributed by atoms with van der Waals surface area (Å²) in [5.74, 6) is -3.64. The standard InChI is InChI=1S/C26H30N2O6/c1-4-27-23(30)15-11-10-13-16(20(15)25(27)32)12-17-21(26(33)28(5-2)24(17)31)19(13)14-8-7-9-18(22(14)29)34-6-3/h7-10,15-17,19-21,29H,4-6,11-12H2,1-3H3. The van der Waals surface area contributed by atoms with Crippen molar-refractivity contribution in [2.45, 2.75) is 39.5 Å². The number of amides is 4. The van der Waals surface area contributed by atoms with Gasteiger partial charge in [-0.2, -0.15) is 0 Å². The minimum Gasteiger partial charge on any atom is -0.504 e. The second-order valence-corrected chi connectivity index (χ2v) is 9.49. The minimum atomic E-state index is -0.649. The van der Waals surface area contributed by atoms with Crippen molar-refractivity contribution in [1.29, 1.82) is 0 Å². The molecule has 8 nitrogen and oxygen atoms in total. The van der Waals surface area contributed by atoms with Crippen LogP contribution in [0, 0.1) is 29.6 Å². The maximum Gasteiger partial charge on any atom is 0.234 e. The van der Waals surface area contributed by atoms with E-state index in [0.29, 0.717) is 37.3 Å². The molecule has 2 heterocycles. The molecule has 1 N–H and O–H groups in total. The van der Waals surface area contributed by atoms with Crippen LogP contribution in [0.25, 0.3) is 0 Å². The first-order chi connectivity index (χ1) is 16.3. The second kappa shape index (κ2) is 8.25. The Labute approximate surface area is 198 Å². The number of nitrogens with zero attached hydrogens (tertiary/aromatic N) is 2. The topological polar surface area (TPSA) is 104 Å². The number of benzene rings is 1. The van der Waals surface area contributed by atoms with E-state index in [2.05, 4.69) is 0 Å². The first-order valence-electron chi connectivity index (χ1n) is 12.2. The van der Waals surface area contributed by atoms with Gasteiger partial charge in [0.05, 0.1) is 30.3 Å². The number of fused-ring (bicyclic) bond motifs is 4. The zero-order valence-corrected chi connectivity index (χ0v) is 19.7. The fourth-order valence-corrected chi connectivity index (χ4v) is 6.75. The molecule has 2 saturated heterocycles. The van der Waals surface area contributed by atoms with E-state index in [4.69, 9.17) is 4.74 Å². The number of phenols is 1. The van der Waals surface area contributed by atoms with Crippen molar-refractivity contribution < 1.29 is 29.0 Å². The molecule has 1 aromatic carbocycles. The fourth-order valence-electron chi connectivity index (χ4n) is 6.75. The Morgan fingerprint density at radius 2 is 1.53 bits per heavy atom. The molecule has 0 radical (unpaired) electrons. The molecule has 0 spiro atoms. The number of hydrogen-bond acceptors (Lipinski definition) is 6. The van der Waals surface area contributed by atoms with Crippen LogP contribution in [0.3, 0.4) is 0 Å². The number of carbonyl (C=O) groups excluding carboxylic acids is 4. The number of allylic oxidation sites excluding steroid dienone is 2. The molecule has 3 fully saturated rings. The molecular formula is C26H30N2O6. The molecule has 4 amide bonds. The van der Waals surface area contributed by atoms with Gasteiger partial charge in [-0.1, -0.05) is 23.8 Å². The van der Waals surface area contributed by atoms with Gasteiger partial charge in [-0.25, -0.2) is 0 Å². The van der Waals surface area contributed by atoms with Crippen molar-refractivity contribution in [1.82, 2.24) is 9.80 Å². The van der Waals surface area contributed by atoms with Gasteiger partial charge in [0, 0.05) is 24.6 Å². The smallest absolute Gasteiger partial charge is 0.234 e. The Hall–Kier alpha value is -3.16. The van der Waals surface area contributed by atoms with Gasteiger partial charge >= 0.3 is 0 Å². The van der Waals surface area contributed by atoms with Crippen molar-refractivity contribution in [2.75, 3.05) is 19.7 Å². The summed E-state index contributed by atoms with van der Waals surface area (Å²) < 4.78 is 5.60. The molecule has 6 unspecified atom stereocenters. The van der Waals surface area contributed by atoms with Crippen LogP contribution in [-0.4, -0.2) is 58.2 Å². The van der Waals surface area contributed by atoms with Crippen LogP contribution in [0.2, 0.25) is 0 Å². The van der Waals surface area contributed by atoms with E-state index in [9.17, 15) is 24.3 Å². The van der Waals surface area contributed by atoms with E-state index < -0.39 is 29.6 Å². The summed E-state index contributed by atoms with van der Waals surface area (Å²) in [7, 11) is 0. The lowest BCUT2D eigenvalue weighted by Gasteiger charge is -2.44. The van der Waals surface area contributed by atoms with Crippen molar-refractivity contribution in [3.8, 4) is 11.5 Å². The normalized spacial score (nSPS) is 32.5. The predicted molar refractivity (Wildman–Crippen MR) is 122 cm³/mol. The van der Waals surface area contributed by atoms with Crippen LogP contribution in [-0.2, 0) is 19.2 Å². The molecule has 8 heteroatoms. The monoisotopic (exact) mass is 466 g/mol. The van der Waals surface area contributed by atoms with Gasteiger partial charge < -0.3 is 9.84 Å². The Kier molecular flexibility index (Phi) is 5.49. The zero-order valence-electron chi connectivity index (χ0n) is 19.7. The average molecular weight is 467 g/mol. The van der Waals surface area contributed by atoms with Crippen LogP contribution in [0.4, 0.5) is 0 Å². The van der Waals surface area contributed by atoms with E-state index in [1.54, 1.807) is 32.0 Å². The van der Waals surface area contributed by atoms with Crippen LogP contribution >= 0.6 is 0 Å². The van der Waals surface area contributed by atoms with Gasteiger partial charge in [-0.05, 0) is 45.6 Å². The highest BCUT2D eigenvalue weighted by atomic mass is 16.5. The molecule has 2 aliphatic heterocycles.